The number of likely N-dealkylation sites (N-methyl/N-ethyl adjacent to an activating group) is 1. The van der Waals surface area contributed by atoms with E-state index in [2.05, 4.69) is 43.9 Å². The van der Waals surface area contributed by atoms with Gasteiger partial charge >= 0.3 is 0 Å². The normalized spacial score (nSPS) is 11.3. The van der Waals surface area contributed by atoms with Gasteiger partial charge in [0.2, 0.25) is 0 Å². The summed E-state index contributed by atoms with van der Waals surface area (Å²) in [6.45, 7) is 8.38. The second-order valence-corrected chi connectivity index (χ2v) is 9.92. The molecule has 0 bridgehead atoms. The summed E-state index contributed by atoms with van der Waals surface area (Å²) in [5.74, 6) is 1.35. The Morgan fingerprint density at radius 2 is 1.62 bits per heavy atom. The fraction of sp³-hybridized carbons (Fsp3) is 0.364. The first-order valence-electron chi connectivity index (χ1n) is 13.3. The van der Waals surface area contributed by atoms with Crippen LogP contribution in [0.15, 0.2) is 66.7 Å². The molecule has 0 N–H and O–H groups in total. The van der Waals surface area contributed by atoms with E-state index in [1.54, 1.807) is 6.08 Å². The Balaban J connectivity index is 1.81. The van der Waals surface area contributed by atoms with Crippen molar-refractivity contribution >= 4 is 11.9 Å². The van der Waals surface area contributed by atoms with Crippen LogP contribution >= 0.6 is 0 Å². The zero-order valence-electron chi connectivity index (χ0n) is 23.0. The molecule has 0 atom stereocenters. The van der Waals surface area contributed by atoms with E-state index in [1.807, 2.05) is 62.6 Å². The Labute approximate surface area is 222 Å². The van der Waals surface area contributed by atoms with Gasteiger partial charge < -0.3 is 14.4 Å². The molecule has 0 unspecified atom stereocenters. The highest BCUT2D eigenvalue weighted by atomic mass is 16.5. The molecule has 37 heavy (non-hydrogen) atoms. The van der Waals surface area contributed by atoms with Crippen molar-refractivity contribution in [3.63, 3.8) is 0 Å². The summed E-state index contributed by atoms with van der Waals surface area (Å²) in [4.78, 5) is 15.5. The van der Waals surface area contributed by atoms with Crippen molar-refractivity contribution in [1.82, 2.24) is 4.90 Å². The maximum Gasteiger partial charge on any atom is 0.189 e. The van der Waals surface area contributed by atoms with Crippen LogP contribution in [-0.4, -0.2) is 44.5 Å². The van der Waals surface area contributed by atoms with Crippen molar-refractivity contribution in [3.8, 4) is 22.6 Å². The van der Waals surface area contributed by atoms with Crippen LogP contribution < -0.4 is 9.47 Å². The molecule has 0 amide bonds. The third kappa shape index (κ3) is 9.22. The second kappa shape index (κ2) is 14.4. The number of benzene rings is 3. The lowest BCUT2D eigenvalue weighted by Gasteiger charge is -2.15. The highest BCUT2D eigenvalue weighted by Gasteiger charge is 2.13. The molecule has 0 heterocycles. The number of ether oxygens (including phenoxy) is 2. The molecule has 0 spiro atoms. The number of rotatable bonds is 14. The Bertz CT molecular complexity index is 1180. The van der Waals surface area contributed by atoms with Gasteiger partial charge in [-0.25, -0.2) is 0 Å². The highest BCUT2D eigenvalue weighted by molar-refractivity contribution is 6.09. The number of unbranched alkanes of at least 4 members (excludes halogenated alkanes) is 3. The second-order valence-electron chi connectivity index (χ2n) is 9.92. The summed E-state index contributed by atoms with van der Waals surface area (Å²) in [7, 11) is 4.01. The summed E-state index contributed by atoms with van der Waals surface area (Å²) in [5, 5.41) is 0. The molecule has 196 valence electrons. The largest absolute Gasteiger partial charge is 0.494 e. The summed E-state index contributed by atoms with van der Waals surface area (Å²) in [6.07, 6.45) is 8.16. The third-order valence-electron chi connectivity index (χ3n) is 6.15. The van der Waals surface area contributed by atoms with Crippen molar-refractivity contribution in [2.24, 2.45) is 0 Å². The first kappa shape index (κ1) is 28.2. The van der Waals surface area contributed by atoms with Crippen LogP contribution in [0.3, 0.4) is 0 Å². The average Bonchev–Trinajstić information content (AvgIpc) is 2.87. The first-order chi connectivity index (χ1) is 17.9. The number of carbonyl (C=O) groups is 1. The molecule has 0 saturated heterocycles. The van der Waals surface area contributed by atoms with Gasteiger partial charge in [0.1, 0.15) is 18.1 Å². The fourth-order valence-electron chi connectivity index (χ4n) is 4.20. The minimum atomic E-state index is -0.0861. The van der Waals surface area contributed by atoms with E-state index < -0.39 is 0 Å². The molecule has 3 aromatic rings. The summed E-state index contributed by atoms with van der Waals surface area (Å²) < 4.78 is 11.9. The lowest BCUT2D eigenvalue weighted by atomic mass is 9.97. The van der Waals surface area contributed by atoms with Crippen LogP contribution in [0.1, 0.15) is 59.7 Å². The van der Waals surface area contributed by atoms with Crippen molar-refractivity contribution in [2.45, 2.75) is 46.5 Å². The average molecular weight is 500 g/mol. The number of hydrogen-bond donors (Lipinski definition) is 0. The summed E-state index contributed by atoms with van der Waals surface area (Å²) in [5.41, 5.74) is 5.99. The number of aryl methyl sites for hydroxylation is 2. The molecule has 4 heteroatoms. The molecular weight excluding hydrogens is 458 g/mol. The van der Waals surface area contributed by atoms with Crippen LogP contribution in [0.25, 0.3) is 17.2 Å². The lowest BCUT2D eigenvalue weighted by Crippen LogP contribution is -2.20. The minimum Gasteiger partial charge on any atom is -0.494 e. The Hall–Kier alpha value is -3.37. The Morgan fingerprint density at radius 3 is 2.35 bits per heavy atom. The van der Waals surface area contributed by atoms with Crippen LogP contribution in [0.4, 0.5) is 0 Å². The predicted octanol–water partition coefficient (Wildman–Crippen LogP) is 7.77. The Morgan fingerprint density at radius 1 is 0.838 bits per heavy atom. The minimum absolute atomic E-state index is 0.0861. The predicted molar refractivity (Wildman–Crippen MR) is 155 cm³/mol. The number of ketones is 1. The van der Waals surface area contributed by atoms with E-state index in [0.717, 1.165) is 35.4 Å². The Kier molecular flexibility index (Phi) is 11.0. The first-order valence-corrected chi connectivity index (χ1v) is 13.3. The van der Waals surface area contributed by atoms with Crippen LogP contribution in [0.2, 0.25) is 0 Å². The van der Waals surface area contributed by atoms with E-state index in [1.165, 1.54) is 30.4 Å². The van der Waals surface area contributed by atoms with E-state index in [4.69, 9.17) is 9.47 Å². The van der Waals surface area contributed by atoms with Crippen LogP contribution in [0, 0.1) is 13.8 Å². The lowest BCUT2D eigenvalue weighted by molar-refractivity contribution is 0.104. The number of allylic oxidation sites excluding steroid dienone is 1. The van der Waals surface area contributed by atoms with Gasteiger partial charge in [0.15, 0.2) is 5.78 Å². The van der Waals surface area contributed by atoms with Crippen molar-refractivity contribution in [1.29, 1.82) is 0 Å². The number of nitrogens with zero attached hydrogens (tertiary/aromatic N) is 1. The molecule has 0 aliphatic rings. The van der Waals surface area contributed by atoms with Crippen molar-refractivity contribution in [2.75, 3.05) is 33.9 Å². The van der Waals surface area contributed by atoms with E-state index in [0.29, 0.717) is 24.5 Å². The fourth-order valence-corrected chi connectivity index (χ4v) is 4.20. The molecule has 3 rings (SSSR count). The highest BCUT2D eigenvalue weighted by Crippen LogP contribution is 2.29. The molecule has 0 aliphatic heterocycles. The van der Waals surface area contributed by atoms with Crippen molar-refractivity contribution in [3.05, 3.63) is 89.0 Å². The molecular formula is C33H41NO3. The molecule has 0 radical (unpaired) electrons. The third-order valence-corrected chi connectivity index (χ3v) is 6.15. The molecule has 3 aromatic carbocycles. The zero-order chi connectivity index (χ0) is 26.6. The maximum atomic E-state index is 13.4. The van der Waals surface area contributed by atoms with Gasteiger partial charge in [0.25, 0.3) is 0 Å². The van der Waals surface area contributed by atoms with Gasteiger partial charge in [-0.05, 0) is 81.4 Å². The van der Waals surface area contributed by atoms with E-state index >= 15 is 0 Å². The molecule has 0 fully saturated rings. The van der Waals surface area contributed by atoms with E-state index in [-0.39, 0.29) is 5.78 Å². The standard InChI is InChI=1S/C33H41NO3/c1-6-7-8-9-18-36-30-12-10-11-27(23-30)13-15-32(35)31-24-28(29-21-25(2)20-26(3)22-29)14-16-33(31)37-19-17-34(4)5/h10-16,20-24H,6-9,17-19H2,1-5H3. The van der Waals surface area contributed by atoms with E-state index in [9.17, 15) is 4.79 Å². The van der Waals surface area contributed by atoms with Gasteiger partial charge in [0, 0.05) is 6.54 Å². The molecule has 0 aliphatic carbocycles. The topological polar surface area (TPSA) is 38.8 Å². The molecule has 0 saturated carbocycles. The van der Waals surface area contributed by atoms with Crippen molar-refractivity contribution < 1.29 is 14.3 Å². The maximum absolute atomic E-state index is 13.4. The van der Waals surface area contributed by atoms with Gasteiger partial charge in [-0.2, -0.15) is 0 Å². The number of hydrogen-bond acceptors (Lipinski definition) is 4. The number of carbonyl (C=O) groups excluding carboxylic acids is 1. The van der Waals surface area contributed by atoms with Gasteiger partial charge in [-0.1, -0.05) is 79.8 Å². The SMILES string of the molecule is CCCCCCOc1cccc(C=CC(=O)c2cc(-c3cc(C)cc(C)c3)ccc2OCCN(C)C)c1. The molecule has 4 nitrogen and oxygen atoms in total. The smallest absolute Gasteiger partial charge is 0.189 e. The molecule has 0 aromatic heterocycles. The van der Waals surface area contributed by atoms with Crippen LogP contribution in [-0.2, 0) is 0 Å². The van der Waals surface area contributed by atoms with Crippen LogP contribution in [0.5, 0.6) is 11.5 Å². The summed E-state index contributed by atoms with van der Waals surface area (Å²) >= 11 is 0. The quantitative estimate of drug-likeness (QED) is 0.129. The van der Waals surface area contributed by atoms with Gasteiger partial charge in [-0.3, -0.25) is 4.79 Å². The monoisotopic (exact) mass is 499 g/mol. The summed E-state index contributed by atoms with van der Waals surface area (Å²) in [6, 6.07) is 20.2. The zero-order valence-corrected chi connectivity index (χ0v) is 23.0. The van der Waals surface area contributed by atoms with Gasteiger partial charge in [0.05, 0.1) is 12.2 Å². The van der Waals surface area contributed by atoms with Gasteiger partial charge in [-0.15, -0.1) is 0 Å².